The number of hydrogen-bond donors (Lipinski definition) is 2. The minimum atomic E-state index is -1.68. The van der Waals surface area contributed by atoms with Gasteiger partial charge < -0.3 is 5.11 Å². The smallest absolute Gasteiger partial charge is 0.306 e. The fourth-order valence-corrected chi connectivity index (χ4v) is 5.59. The maximum absolute atomic E-state index is 14.9. The first-order chi connectivity index (χ1) is 16.9. The summed E-state index contributed by atoms with van der Waals surface area (Å²) in [4.78, 5) is 16.0. The molecule has 1 aliphatic heterocycles. The van der Waals surface area contributed by atoms with Gasteiger partial charge in [0.1, 0.15) is 34.9 Å². The summed E-state index contributed by atoms with van der Waals surface area (Å²) in [6.45, 7) is 2.96. The molecule has 0 bridgehead atoms. The van der Waals surface area contributed by atoms with E-state index >= 15 is 0 Å². The zero-order valence-corrected chi connectivity index (χ0v) is 19.6. The van der Waals surface area contributed by atoms with Gasteiger partial charge in [-0.25, -0.2) is 13.8 Å². The quantitative estimate of drug-likeness (QED) is 0.400. The fourth-order valence-electron chi connectivity index (χ4n) is 4.47. The van der Waals surface area contributed by atoms with Crippen LogP contribution >= 0.6 is 11.3 Å². The number of rotatable bonds is 6. The van der Waals surface area contributed by atoms with Gasteiger partial charge in [0, 0.05) is 60.0 Å². The maximum atomic E-state index is 14.9. The zero-order valence-electron chi connectivity index (χ0n) is 18.8. The third kappa shape index (κ3) is 4.43. The number of thiazole rings is 1. The highest BCUT2D eigenvalue weighted by molar-refractivity contribution is 7.15. The molecule has 5 rings (SSSR count). The second kappa shape index (κ2) is 9.22. The van der Waals surface area contributed by atoms with Crippen LogP contribution in [0, 0.1) is 23.0 Å². The van der Waals surface area contributed by atoms with Crippen LogP contribution in [-0.4, -0.2) is 42.6 Å². The van der Waals surface area contributed by atoms with Crippen LogP contribution in [0.5, 0.6) is 0 Å². The van der Waals surface area contributed by atoms with E-state index < -0.39 is 23.3 Å². The van der Waals surface area contributed by atoms with Crippen molar-refractivity contribution >= 4 is 11.3 Å². The molecular weight excluding hydrogens is 472 g/mol. The lowest BCUT2D eigenvalue weighted by Gasteiger charge is -2.41. The Morgan fingerprint density at radius 2 is 2.17 bits per heavy atom. The maximum Gasteiger partial charge on any atom is 0.306 e. The van der Waals surface area contributed by atoms with Crippen LogP contribution in [0.15, 0.2) is 49.3 Å². The second-order valence-corrected chi connectivity index (χ2v) is 9.64. The van der Waals surface area contributed by atoms with Crippen LogP contribution in [0.2, 0.25) is 0 Å². The lowest BCUT2D eigenvalue weighted by Crippen LogP contribution is -2.58. The van der Waals surface area contributed by atoms with Gasteiger partial charge in [-0.05, 0) is 24.0 Å². The number of halogens is 2. The molecule has 4 aromatic rings. The van der Waals surface area contributed by atoms with Gasteiger partial charge in [0.25, 0.3) is 0 Å². The Morgan fingerprint density at radius 3 is 2.91 bits per heavy atom. The predicted octanol–water partition coefficient (Wildman–Crippen LogP) is 2.70. The van der Waals surface area contributed by atoms with Crippen molar-refractivity contribution in [2.24, 2.45) is 0 Å². The fraction of sp³-hybridized carbons (Fsp3) is 0.292. The van der Waals surface area contributed by atoms with Crippen molar-refractivity contribution in [3.8, 4) is 16.6 Å². The molecule has 0 amide bonds. The van der Waals surface area contributed by atoms with E-state index in [1.165, 1.54) is 36.3 Å². The minimum Gasteiger partial charge on any atom is -0.379 e. The third-order valence-corrected chi connectivity index (χ3v) is 7.56. The molecule has 1 aliphatic rings. The van der Waals surface area contributed by atoms with Crippen molar-refractivity contribution in [2.75, 3.05) is 6.54 Å². The Hall–Kier alpha value is -3.59. The molecule has 2 atom stereocenters. The average molecular weight is 495 g/mol. The lowest BCUT2D eigenvalue weighted by atomic mass is 9.85. The number of H-pyrrole nitrogens is 1. The van der Waals surface area contributed by atoms with Crippen molar-refractivity contribution < 1.29 is 18.6 Å². The Labute approximate surface area is 204 Å². The summed E-state index contributed by atoms with van der Waals surface area (Å²) in [5, 5.41) is 24.8. The Bertz CT molecular complexity index is 1400. The van der Waals surface area contributed by atoms with E-state index in [9.17, 15) is 19.1 Å². The van der Waals surface area contributed by atoms with E-state index in [2.05, 4.69) is 26.0 Å². The van der Waals surface area contributed by atoms with E-state index in [0.29, 0.717) is 25.1 Å². The molecule has 4 heterocycles. The van der Waals surface area contributed by atoms with Crippen molar-refractivity contribution in [2.45, 2.75) is 38.1 Å². The molecule has 0 fully saturated rings. The number of pyridine rings is 1. The number of benzene rings is 1. The van der Waals surface area contributed by atoms with Crippen molar-refractivity contribution in [1.82, 2.24) is 25.0 Å². The standard InChI is InChI=1S/C24H21F2N7OS/c1-15(24(34,12-33-14-29-13-30-33)19-3-2-18(25)7-20(19)26)32-5-4-21-22(11-32)35-23(31-21)17-6-16(8-27)9-28-10-17/h2-3,6-7,9-10,13-15,34H,4-5,11-12H2,1H3/p+1/t15-,24-/m1/s1. The predicted molar refractivity (Wildman–Crippen MR) is 123 cm³/mol. The number of aromatic amines is 1. The Morgan fingerprint density at radius 1 is 1.31 bits per heavy atom. The van der Waals surface area contributed by atoms with Crippen LogP contribution in [0.1, 0.15) is 28.6 Å². The number of aromatic nitrogens is 5. The molecule has 0 unspecified atom stereocenters. The first-order valence-corrected chi connectivity index (χ1v) is 11.8. The molecule has 0 aliphatic carbocycles. The molecule has 11 heteroatoms. The van der Waals surface area contributed by atoms with Crippen molar-refractivity contribution in [1.29, 1.82) is 5.26 Å². The van der Waals surface area contributed by atoms with Gasteiger partial charge in [-0.15, -0.1) is 11.3 Å². The van der Waals surface area contributed by atoms with Crippen molar-refractivity contribution in [3.63, 3.8) is 0 Å². The molecule has 8 nitrogen and oxygen atoms in total. The summed E-state index contributed by atoms with van der Waals surface area (Å²) < 4.78 is 30.1. The minimum absolute atomic E-state index is 0.000633. The third-order valence-electron chi connectivity index (χ3n) is 6.43. The Balaban J connectivity index is 1.46. The lowest BCUT2D eigenvalue weighted by molar-refractivity contribution is -0.765. The number of nitrogens with one attached hydrogen (secondary N) is 1. The highest BCUT2D eigenvalue weighted by Crippen LogP contribution is 2.36. The molecule has 178 valence electrons. The summed E-state index contributed by atoms with van der Waals surface area (Å²) in [7, 11) is 0. The molecule has 3 aromatic heterocycles. The van der Waals surface area contributed by atoms with Gasteiger partial charge in [0.15, 0.2) is 0 Å². The monoisotopic (exact) mass is 494 g/mol. The molecule has 0 saturated carbocycles. The van der Waals surface area contributed by atoms with Crippen LogP contribution < -0.4 is 4.68 Å². The van der Waals surface area contributed by atoms with E-state index in [0.717, 1.165) is 33.3 Å². The van der Waals surface area contributed by atoms with Gasteiger partial charge in [0.2, 0.25) is 6.33 Å². The van der Waals surface area contributed by atoms with Crippen LogP contribution in [-0.2, 0) is 25.1 Å². The second-order valence-electron chi connectivity index (χ2n) is 8.56. The largest absolute Gasteiger partial charge is 0.379 e. The summed E-state index contributed by atoms with van der Waals surface area (Å²) in [5.74, 6) is -1.51. The number of nitriles is 1. The summed E-state index contributed by atoms with van der Waals surface area (Å²) in [6, 6.07) is 6.57. The van der Waals surface area contributed by atoms with Crippen LogP contribution in [0.4, 0.5) is 8.78 Å². The SMILES string of the molecule is C[C@@H](N1CCc2nc(-c3cncc(C#N)c3)sc2C1)[C@](O)(C[n+]1cnc[nH]1)c1ccc(F)cc1F. The first-order valence-electron chi connectivity index (χ1n) is 11.0. The van der Waals surface area contributed by atoms with E-state index in [1.807, 2.05) is 6.92 Å². The number of aliphatic hydroxyl groups is 1. The molecular formula is C24H22F2N7OS+. The zero-order chi connectivity index (χ0) is 24.6. The number of hydrogen-bond acceptors (Lipinski definition) is 7. The van der Waals surface area contributed by atoms with Gasteiger partial charge in [-0.3, -0.25) is 9.88 Å². The van der Waals surface area contributed by atoms with Gasteiger partial charge >= 0.3 is 6.33 Å². The van der Waals surface area contributed by atoms with Crippen LogP contribution in [0.25, 0.3) is 10.6 Å². The summed E-state index contributed by atoms with van der Waals surface area (Å²) in [5.41, 5.74) is 0.557. The number of fused-ring (bicyclic) bond motifs is 1. The molecule has 0 spiro atoms. The summed E-state index contributed by atoms with van der Waals surface area (Å²) in [6.07, 6.45) is 6.82. The van der Waals surface area contributed by atoms with Crippen LogP contribution in [0.3, 0.4) is 0 Å². The highest BCUT2D eigenvalue weighted by atomic mass is 32.1. The highest BCUT2D eigenvalue weighted by Gasteiger charge is 2.44. The number of nitrogens with zero attached hydrogens (tertiary/aromatic N) is 6. The van der Waals surface area contributed by atoms with E-state index in [4.69, 9.17) is 4.98 Å². The van der Waals surface area contributed by atoms with E-state index in [1.54, 1.807) is 16.9 Å². The molecule has 0 radical (unpaired) electrons. The summed E-state index contributed by atoms with van der Waals surface area (Å²) >= 11 is 1.52. The van der Waals surface area contributed by atoms with Gasteiger partial charge in [-0.1, -0.05) is 6.07 Å². The van der Waals surface area contributed by atoms with Crippen molar-refractivity contribution in [3.05, 3.63) is 82.6 Å². The normalized spacial score (nSPS) is 16.3. The molecule has 1 aromatic carbocycles. The first kappa shape index (κ1) is 23.2. The average Bonchev–Trinajstić information content (AvgIpc) is 3.52. The molecule has 35 heavy (non-hydrogen) atoms. The van der Waals surface area contributed by atoms with E-state index in [-0.39, 0.29) is 12.1 Å². The van der Waals surface area contributed by atoms with Gasteiger partial charge in [-0.2, -0.15) is 15.0 Å². The van der Waals surface area contributed by atoms with Gasteiger partial charge in [0.05, 0.1) is 11.3 Å². The molecule has 0 saturated heterocycles. The molecule has 2 N–H and O–H groups in total. The Kier molecular flexibility index (Phi) is 6.10. The topological polar surface area (TPSA) is 106 Å².